The Kier molecular flexibility index (Phi) is 33.2. The lowest BCUT2D eigenvalue weighted by Gasteiger charge is -2.55. The number of carbonyl (C=O) groups excluding carboxylic acids is 7. The number of hydrogen-bond donors (Lipinski definition) is 1. The Labute approximate surface area is 711 Å². The van der Waals surface area contributed by atoms with Crippen LogP contribution < -0.4 is 5.32 Å². The number of rotatable bonds is 17. The van der Waals surface area contributed by atoms with Gasteiger partial charge in [-0.25, -0.2) is 0 Å². The SMILES string of the molecule is CC(C)C(=O)CC12CC[N+](C(C)C)(CC1)C2.CC(C)C(=O)N1CC2CC1C[N+]2(C)C(C)C.CC(C)C(=O)N1CC2C[N+](C)(C(C)C)CC2C1.CC(C)C(=O)N1CC[N+]2(C(C)C)CCC1C2.CC(C)C(=O)N1CC[N+]2(C(C)C)CCC1CC2.CC(C)C(=O)N1CC[N+]2(C(C)C)CCCC2C1.CC(C)C(=O)NC1C[N+]2(C(C)C)CCC1CC2. The normalized spacial score (nSPS) is 35.6. The molecule has 0 aromatic rings. The van der Waals surface area contributed by atoms with Gasteiger partial charge < -0.3 is 61.2 Å². The average Bonchev–Trinajstić information content (AvgIpc) is 1.08. The van der Waals surface area contributed by atoms with Gasteiger partial charge in [0, 0.05) is 148 Å². The molecule has 0 radical (unpaired) electrons. The minimum absolute atomic E-state index is 0.109. The van der Waals surface area contributed by atoms with Gasteiger partial charge in [0.2, 0.25) is 35.4 Å². The number of hydrogen-bond acceptors (Lipinski definition) is 7. The number of ketones is 1. The monoisotopic (exact) mass is 1630 g/mol. The summed E-state index contributed by atoms with van der Waals surface area (Å²) in [5, 5.41) is 3.27. The highest BCUT2D eigenvalue weighted by atomic mass is 16.2. The molecule has 0 aliphatic carbocycles. The molecular formula is C96H184N13O7+7. The highest BCUT2D eigenvalue weighted by Crippen LogP contribution is 2.50. The number of likely N-dealkylation sites (tertiary alicyclic amines) is 4. The van der Waals surface area contributed by atoms with E-state index in [2.05, 4.69) is 141 Å². The first-order valence-corrected chi connectivity index (χ1v) is 48.2. The molecule has 116 heavy (non-hydrogen) atoms. The number of Topliss-reactive ketones (excluding diaryl/α,β-unsaturated/α-hetero) is 1. The van der Waals surface area contributed by atoms with Crippen molar-refractivity contribution in [2.75, 3.05) is 171 Å². The predicted molar refractivity (Wildman–Crippen MR) is 474 cm³/mol. The largest absolute Gasteiger partial charge is 0.347 e. The molecular weight excluding hydrogens is 1450 g/mol. The number of piperazine rings is 3. The maximum absolute atomic E-state index is 12.2. The zero-order chi connectivity index (χ0) is 86.7. The Morgan fingerprint density at radius 3 is 1.25 bits per heavy atom. The molecule has 16 fully saturated rings. The van der Waals surface area contributed by atoms with Gasteiger partial charge in [-0.05, 0) is 103 Å². The molecule has 16 aliphatic rings. The Morgan fingerprint density at radius 1 is 0.353 bits per heavy atom. The fourth-order valence-corrected chi connectivity index (χ4v) is 24.5. The number of nitrogens with one attached hydrogen (secondary N) is 1. The number of fused-ring (bicyclic) bond motifs is 15. The number of amides is 6. The summed E-state index contributed by atoms with van der Waals surface area (Å²) < 4.78 is 8.60. The molecule has 16 heterocycles. The third-order valence-corrected chi connectivity index (χ3v) is 34.2. The minimum Gasteiger partial charge on any atom is -0.347 e. The van der Waals surface area contributed by atoms with Crippen molar-refractivity contribution in [3.05, 3.63) is 0 Å². The maximum Gasteiger partial charge on any atom is 0.225 e. The van der Waals surface area contributed by atoms with Gasteiger partial charge in [-0.3, -0.25) is 33.6 Å². The van der Waals surface area contributed by atoms with Crippen LogP contribution in [0.15, 0.2) is 0 Å². The Morgan fingerprint density at radius 2 is 0.810 bits per heavy atom. The summed E-state index contributed by atoms with van der Waals surface area (Å²) in [5.74, 6) is 5.76. The molecule has 16 saturated heterocycles. The molecule has 16 rings (SSSR count). The van der Waals surface area contributed by atoms with E-state index in [1.807, 2.05) is 96.9 Å². The van der Waals surface area contributed by atoms with Crippen LogP contribution in [0.4, 0.5) is 0 Å². The van der Waals surface area contributed by atoms with Crippen LogP contribution in [0.25, 0.3) is 0 Å². The molecule has 16 aliphatic heterocycles. The lowest BCUT2D eigenvalue weighted by molar-refractivity contribution is -0.962. The Balaban J connectivity index is 0.000000169. The second-order valence-electron chi connectivity index (χ2n) is 45.3. The van der Waals surface area contributed by atoms with Gasteiger partial charge in [-0.15, -0.1) is 0 Å². The summed E-state index contributed by atoms with van der Waals surface area (Å²) in [6.07, 6.45) is 13.5. The lowest BCUT2D eigenvalue weighted by atomic mass is 9.78. The van der Waals surface area contributed by atoms with Gasteiger partial charge in [-0.1, -0.05) is 96.9 Å². The van der Waals surface area contributed by atoms with Gasteiger partial charge in [0.15, 0.2) is 0 Å². The van der Waals surface area contributed by atoms with E-state index in [1.54, 1.807) is 0 Å². The minimum atomic E-state index is 0.109. The fourth-order valence-electron chi connectivity index (χ4n) is 24.5. The summed E-state index contributed by atoms with van der Waals surface area (Å²) in [4.78, 5) is 94.9. The van der Waals surface area contributed by atoms with Crippen molar-refractivity contribution in [3.63, 3.8) is 0 Å². The van der Waals surface area contributed by atoms with E-state index < -0.39 is 0 Å². The van der Waals surface area contributed by atoms with E-state index in [4.69, 9.17) is 0 Å². The van der Waals surface area contributed by atoms with Crippen LogP contribution in [-0.4, -0.2) is 347 Å². The molecule has 20 heteroatoms. The topological polar surface area (TPSA) is 148 Å². The molecule has 0 aromatic carbocycles. The number of piperidine rings is 5. The maximum atomic E-state index is 12.2. The number of carbonyl (C=O) groups is 7. The summed E-state index contributed by atoms with van der Waals surface area (Å²) in [7, 11) is 4.73. The van der Waals surface area contributed by atoms with Crippen molar-refractivity contribution >= 4 is 41.2 Å². The van der Waals surface area contributed by atoms with Gasteiger partial charge in [0.05, 0.1) is 218 Å². The fraction of sp³-hybridized carbons (Fsp3) is 0.927. The molecule has 668 valence electrons. The van der Waals surface area contributed by atoms with Crippen LogP contribution in [0, 0.1) is 64.6 Å². The molecule has 0 saturated carbocycles. The zero-order valence-electron chi connectivity index (χ0n) is 80.8. The summed E-state index contributed by atoms with van der Waals surface area (Å²) in [6.45, 7) is 88.7. The molecule has 20 nitrogen and oxygen atoms in total. The molecule has 1 N–H and O–H groups in total. The second kappa shape index (κ2) is 39.4. The Hall–Kier alpha value is -3.79. The third-order valence-electron chi connectivity index (χ3n) is 34.2. The van der Waals surface area contributed by atoms with E-state index in [9.17, 15) is 33.6 Å². The van der Waals surface area contributed by atoms with Crippen LogP contribution in [0.2, 0.25) is 0 Å². The highest BCUT2D eigenvalue weighted by Gasteiger charge is 2.59. The average molecular weight is 1630 g/mol. The van der Waals surface area contributed by atoms with E-state index in [-0.39, 0.29) is 47.3 Å². The molecule has 10 unspecified atom stereocenters. The zero-order valence-corrected chi connectivity index (χ0v) is 80.8. The van der Waals surface area contributed by atoms with E-state index in [0.29, 0.717) is 113 Å². The molecule has 10 bridgehead atoms. The molecule has 10 atom stereocenters. The predicted octanol–water partition coefficient (Wildman–Crippen LogP) is 12.7. The standard InChI is InChI=1S/2C14H27N2O.C14H26N2O.C14H27N2O.C14H26NO.2C13H25N2O/c1-10(2)14(17)15-6-12-8-16(5,11(3)4)9-13(12)7-15;1-11(2)14(17)15-7-10-16(12(3)4)8-5-13(15)6-9-16;1-10(2)14(17)15-13-9-16(11(3)4)7-5-12(13)6-8-16;1-11(2)14(17)15-7-9-16(12(3)4)8-5-6-13(16)10-15;1-11(2)13(16)9-14-5-7-15(10-14,8-6-14)12(3)4;1-9(2)13(16)14-7-12-6-11(14)8-15(12,5)10(3)4;1-10(2)13(16)14-6-8-15(11(3)4)7-5-12(14)9-15/h10-13H,6-9H2,1-5H3;11-13H,5-10H2,1-4H3;10-13H,5-9H2,1-4H3;11-13H,5-10H2,1-4H3;11-12H,5-10H2,1-4H3;9-12H,6-8H2,1-5H3;10-12H,5-9H2,1-4H3/q2*+1;;4*+1/p+1. The molecule has 6 amide bonds. The van der Waals surface area contributed by atoms with E-state index >= 15 is 0 Å². The summed E-state index contributed by atoms with van der Waals surface area (Å²) >= 11 is 0. The van der Waals surface area contributed by atoms with Crippen LogP contribution in [0.1, 0.15) is 264 Å². The van der Waals surface area contributed by atoms with E-state index in [0.717, 1.165) is 107 Å². The summed E-state index contributed by atoms with van der Waals surface area (Å²) in [6, 6.07) is 8.27. The molecule has 0 spiro atoms. The highest BCUT2D eigenvalue weighted by molar-refractivity contribution is 5.82. The first kappa shape index (κ1) is 97.7. The van der Waals surface area contributed by atoms with Gasteiger partial charge >= 0.3 is 0 Å². The number of nitrogens with zero attached hydrogens (tertiary/aromatic N) is 12. The lowest BCUT2D eigenvalue weighted by Crippen LogP contribution is -2.69. The molecule has 0 aromatic heterocycles. The van der Waals surface area contributed by atoms with Crippen molar-refractivity contribution in [2.24, 2.45) is 64.6 Å². The summed E-state index contributed by atoms with van der Waals surface area (Å²) in [5.41, 5.74) is 0.381. The van der Waals surface area contributed by atoms with Crippen molar-refractivity contribution in [1.82, 2.24) is 29.8 Å². The van der Waals surface area contributed by atoms with Gasteiger partial charge in [-0.2, -0.15) is 0 Å². The van der Waals surface area contributed by atoms with E-state index in [1.165, 1.54) is 176 Å². The number of likely N-dealkylation sites (N-methyl/N-ethyl adjacent to an activating group) is 1. The Bertz CT molecular complexity index is 3200. The van der Waals surface area contributed by atoms with Gasteiger partial charge in [0.25, 0.3) is 0 Å². The van der Waals surface area contributed by atoms with Crippen molar-refractivity contribution in [1.29, 1.82) is 0 Å². The van der Waals surface area contributed by atoms with Crippen LogP contribution in [-0.2, 0) is 33.6 Å². The van der Waals surface area contributed by atoms with Crippen molar-refractivity contribution in [3.8, 4) is 0 Å². The second-order valence-corrected chi connectivity index (χ2v) is 45.3. The first-order valence-electron chi connectivity index (χ1n) is 48.2. The van der Waals surface area contributed by atoms with Gasteiger partial charge in [0.1, 0.15) is 17.9 Å². The quantitative estimate of drug-likeness (QED) is 0.143. The smallest absolute Gasteiger partial charge is 0.225 e. The van der Waals surface area contributed by atoms with Crippen molar-refractivity contribution in [2.45, 2.75) is 343 Å². The van der Waals surface area contributed by atoms with Crippen LogP contribution in [0.5, 0.6) is 0 Å². The third kappa shape index (κ3) is 21.5. The van der Waals surface area contributed by atoms with Crippen molar-refractivity contribution < 1.29 is 64.9 Å². The first-order chi connectivity index (χ1) is 53.9. The van der Waals surface area contributed by atoms with Crippen LogP contribution in [0.3, 0.4) is 0 Å². The number of quaternary nitrogens is 7. The van der Waals surface area contributed by atoms with Crippen LogP contribution >= 0.6 is 0 Å².